The Morgan fingerprint density at radius 3 is 2.76 bits per heavy atom. The van der Waals surface area contributed by atoms with E-state index in [0.717, 1.165) is 11.0 Å². The fourth-order valence-corrected chi connectivity index (χ4v) is 2.15. The molecule has 0 spiro atoms. The van der Waals surface area contributed by atoms with Crippen molar-refractivity contribution in [2.75, 3.05) is 11.9 Å². The van der Waals surface area contributed by atoms with Crippen molar-refractivity contribution >= 4 is 17.7 Å². The van der Waals surface area contributed by atoms with Crippen molar-refractivity contribution in [1.29, 1.82) is 5.26 Å². The molecule has 2 rings (SSSR count). The zero-order valence-corrected chi connectivity index (χ0v) is 10.8. The van der Waals surface area contributed by atoms with E-state index >= 15 is 0 Å². The molecule has 2 amide bonds. The first-order chi connectivity index (χ1) is 9.92. The van der Waals surface area contributed by atoms with E-state index in [-0.39, 0.29) is 24.2 Å². The summed E-state index contributed by atoms with van der Waals surface area (Å²) in [6, 6.07) is 3.29. The summed E-state index contributed by atoms with van der Waals surface area (Å²) < 4.78 is 13.7. The molecule has 3 N–H and O–H groups in total. The molecule has 1 aliphatic heterocycles. The van der Waals surface area contributed by atoms with Gasteiger partial charge in [0.25, 0.3) is 0 Å². The third kappa shape index (κ3) is 3.09. The Balaban J connectivity index is 2.14. The van der Waals surface area contributed by atoms with Gasteiger partial charge in [-0.3, -0.25) is 0 Å². The van der Waals surface area contributed by atoms with Crippen LogP contribution in [-0.2, 0) is 4.79 Å². The average Bonchev–Trinajstić information content (AvgIpc) is 2.83. The highest BCUT2D eigenvalue weighted by Crippen LogP contribution is 2.21. The van der Waals surface area contributed by atoms with E-state index in [9.17, 15) is 19.1 Å². The molecule has 1 heterocycles. The van der Waals surface area contributed by atoms with Crippen LogP contribution >= 0.6 is 0 Å². The van der Waals surface area contributed by atoms with Crippen LogP contribution in [0.4, 0.5) is 14.9 Å². The number of rotatable bonds is 2. The fraction of sp³-hybridized carbons (Fsp3) is 0.308. The van der Waals surface area contributed by atoms with E-state index in [4.69, 9.17) is 10.4 Å². The second-order valence-corrected chi connectivity index (χ2v) is 4.63. The number of amides is 2. The number of aliphatic hydroxyl groups is 1. The molecule has 0 aromatic heterocycles. The first-order valence-corrected chi connectivity index (χ1v) is 6.10. The number of halogens is 1. The summed E-state index contributed by atoms with van der Waals surface area (Å²) in [5.41, 5.74) is -0.0602. The standard InChI is InChI=1S/C13H12FN3O4/c14-9-3-7(5-15)1-2-10(9)16-13(21)17-6-8(18)4-11(17)12(19)20/h1-3,8,11,18H,4,6H2,(H,16,21)(H,19,20)/t8-,11+/m1/s1. The maximum Gasteiger partial charge on any atom is 0.326 e. The molecule has 1 aromatic carbocycles. The van der Waals surface area contributed by atoms with Gasteiger partial charge in [0.15, 0.2) is 0 Å². The van der Waals surface area contributed by atoms with E-state index in [2.05, 4.69) is 5.32 Å². The molecule has 1 aliphatic rings. The Labute approximate surface area is 119 Å². The zero-order valence-electron chi connectivity index (χ0n) is 10.8. The predicted octanol–water partition coefficient (Wildman–Crippen LogP) is 0.749. The van der Waals surface area contributed by atoms with E-state index in [1.54, 1.807) is 6.07 Å². The molecule has 1 saturated heterocycles. The number of nitriles is 1. The number of aliphatic hydroxyl groups excluding tert-OH is 1. The average molecular weight is 293 g/mol. The SMILES string of the molecule is N#Cc1ccc(NC(=O)N2C[C@H](O)C[C@H]2C(=O)O)c(F)c1. The van der Waals surface area contributed by atoms with Gasteiger partial charge < -0.3 is 20.4 Å². The van der Waals surface area contributed by atoms with Gasteiger partial charge >= 0.3 is 12.0 Å². The van der Waals surface area contributed by atoms with Crippen LogP contribution in [0.3, 0.4) is 0 Å². The number of nitrogens with zero attached hydrogens (tertiary/aromatic N) is 2. The van der Waals surface area contributed by atoms with Gasteiger partial charge in [0.1, 0.15) is 11.9 Å². The molecule has 2 atom stereocenters. The molecule has 0 saturated carbocycles. The summed E-state index contributed by atoms with van der Waals surface area (Å²) in [5.74, 6) is -2.03. The Hall–Kier alpha value is -2.66. The van der Waals surface area contributed by atoms with Crippen LogP contribution in [0.15, 0.2) is 18.2 Å². The van der Waals surface area contributed by atoms with Gasteiger partial charge in [-0.1, -0.05) is 0 Å². The number of hydrogen-bond acceptors (Lipinski definition) is 4. The second-order valence-electron chi connectivity index (χ2n) is 4.63. The molecule has 0 bridgehead atoms. The minimum Gasteiger partial charge on any atom is -0.480 e. The number of β-amino-alcohol motifs (C(OH)–C–C–N with tert-alkyl or cyclic N) is 1. The van der Waals surface area contributed by atoms with Crippen LogP contribution in [0, 0.1) is 17.1 Å². The number of hydrogen-bond donors (Lipinski definition) is 3. The minimum atomic E-state index is -1.23. The topological polar surface area (TPSA) is 114 Å². The van der Waals surface area contributed by atoms with Gasteiger partial charge in [0.2, 0.25) is 0 Å². The number of likely N-dealkylation sites (tertiary alicyclic amines) is 1. The van der Waals surface area contributed by atoms with Gasteiger partial charge in [-0.15, -0.1) is 0 Å². The van der Waals surface area contributed by atoms with Crippen molar-refractivity contribution in [2.45, 2.75) is 18.6 Å². The lowest BCUT2D eigenvalue weighted by molar-refractivity contribution is -0.141. The van der Waals surface area contributed by atoms with Crippen molar-refractivity contribution in [2.24, 2.45) is 0 Å². The number of benzene rings is 1. The second kappa shape index (κ2) is 5.76. The Morgan fingerprint density at radius 1 is 1.48 bits per heavy atom. The highest BCUT2D eigenvalue weighted by Gasteiger charge is 2.39. The van der Waals surface area contributed by atoms with E-state index in [0.29, 0.717) is 0 Å². The van der Waals surface area contributed by atoms with Gasteiger partial charge in [0, 0.05) is 13.0 Å². The van der Waals surface area contributed by atoms with E-state index in [1.807, 2.05) is 0 Å². The maximum atomic E-state index is 13.7. The van der Waals surface area contributed by atoms with Crippen LogP contribution in [0.1, 0.15) is 12.0 Å². The normalized spacial score (nSPS) is 20.9. The van der Waals surface area contributed by atoms with Crippen LogP contribution in [-0.4, -0.2) is 45.8 Å². The number of urea groups is 1. The summed E-state index contributed by atoms with van der Waals surface area (Å²) in [6.07, 6.45) is -0.999. The first kappa shape index (κ1) is 14.7. The highest BCUT2D eigenvalue weighted by molar-refractivity contribution is 5.93. The fourth-order valence-electron chi connectivity index (χ4n) is 2.15. The largest absolute Gasteiger partial charge is 0.480 e. The molecule has 21 heavy (non-hydrogen) atoms. The number of nitrogens with one attached hydrogen (secondary N) is 1. The van der Waals surface area contributed by atoms with E-state index < -0.39 is 30.0 Å². The molecule has 0 unspecified atom stereocenters. The van der Waals surface area contributed by atoms with Crippen molar-refractivity contribution < 1.29 is 24.2 Å². The molecule has 110 valence electrons. The van der Waals surface area contributed by atoms with Crippen molar-refractivity contribution in [3.8, 4) is 6.07 Å². The summed E-state index contributed by atoms with van der Waals surface area (Å²) in [5, 5.41) is 29.3. The number of anilines is 1. The van der Waals surface area contributed by atoms with Gasteiger partial charge in [0.05, 0.1) is 23.4 Å². The Bertz CT molecular complexity index is 628. The smallest absolute Gasteiger partial charge is 0.326 e. The third-order valence-electron chi connectivity index (χ3n) is 3.16. The van der Waals surface area contributed by atoms with Crippen LogP contribution in [0.5, 0.6) is 0 Å². The Kier molecular flexibility index (Phi) is 4.05. The molecule has 0 radical (unpaired) electrons. The molecular formula is C13H12FN3O4. The highest BCUT2D eigenvalue weighted by atomic mass is 19.1. The first-order valence-electron chi connectivity index (χ1n) is 6.10. The molecule has 7 nitrogen and oxygen atoms in total. The molecular weight excluding hydrogens is 281 g/mol. The maximum absolute atomic E-state index is 13.7. The van der Waals surface area contributed by atoms with Crippen molar-refractivity contribution in [3.63, 3.8) is 0 Å². The minimum absolute atomic E-state index is 0.0708. The van der Waals surface area contributed by atoms with Gasteiger partial charge in [-0.25, -0.2) is 14.0 Å². The van der Waals surface area contributed by atoms with Crippen LogP contribution < -0.4 is 5.32 Å². The molecule has 8 heteroatoms. The van der Waals surface area contributed by atoms with Gasteiger partial charge in [-0.2, -0.15) is 5.26 Å². The lowest BCUT2D eigenvalue weighted by atomic mass is 10.2. The predicted molar refractivity (Wildman–Crippen MR) is 68.9 cm³/mol. The summed E-state index contributed by atoms with van der Waals surface area (Å²) in [4.78, 5) is 23.9. The monoisotopic (exact) mass is 293 g/mol. The summed E-state index contributed by atoms with van der Waals surface area (Å²) in [7, 11) is 0. The van der Waals surface area contributed by atoms with Crippen molar-refractivity contribution in [1.82, 2.24) is 4.90 Å². The van der Waals surface area contributed by atoms with E-state index in [1.165, 1.54) is 12.1 Å². The quantitative estimate of drug-likeness (QED) is 0.744. The lowest BCUT2D eigenvalue weighted by Crippen LogP contribution is -2.43. The third-order valence-corrected chi connectivity index (χ3v) is 3.16. The number of carboxylic acids is 1. The number of aliphatic carboxylic acids is 1. The Morgan fingerprint density at radius 2 is 2.19 bits per heavy atom. The molecule has 1 fully saturated rings. The zero-order chi connectivity index (χ0) is 15.6. The summed E-state index contributed by atoms with van der Waals surface area (Å²) >= 11 is 0. The van der Waals surface area contributed by atoms with Crippen molar-refractivity contribution in [3.05, 3.63) is 29.6 Å². The number of carbonyl (C=O) groups excluding carboxylic acids is 1. The summed E-state index contributed by atoms with van der Waals surface area (Å²) in [6.45, 7) is -0.138. The molecule has 0 aliphatic carbocycles. The van der Waals surface area contributed by atoms with Gasteiger partial charge in [-0.05, 0) is 18.2 Å². The lowest BCUT2D eigenvalue weighted by Gasteiger charge is -2.21. The number of carbonyl (C=O) groups is 2. The number of carboxylic acid groups (broad SMARTS) is 1. The van der Waals surface area contributed by atoms with Crippen LogP contribution in [0.25, 0.3) is 0 Å². The van der Waals surface area contributed by atoms with Crippen LogP contribution in [0.2, 0.25) is 0 Å². The molecule has 1 aromatic rings.